The zero-order valence-electron chi connectivity index (χ0n) is 20.1. The smallest absolute Gasteiger partial charge is 0.243 e. The summed E-state index contributed by atoms with van der Waals surface area (Å²) in [4.78, 5) is 15.5. The van der Waals surface area contributed by atoms with Crippen LogP contribution in [-0.2, 0) is 14.8 Å². The number of amides is 1. The van der Waals surface area contributed by atoms with Gasteiger partial charge in [0.2, 0.25) is 15.9 Å². The number of sulfonamides is 1. The predicted molar refractivity (Wildman–Crippen MR) is 127 cm³/mol. The van der Waals surface area contributed by atoms with Crippen LogP contribution >= 0.6 is 0 Å². The molecule has 0 spiro atoms. The fourth-order valence-corrected chi connectivity index (χ4v) is 5.83. The Balaban J connectivity index is 1.93. The van der Waals surface area contributed by atoms with Gasteiger partial charge >= 0.3 is 0 Å². The predicted octanol–water partition coefficient (Wildman–Crippen LogP) is 3.69. The molecule has 6 nitrogen and oxygen atoms in total. The van der Waals surface area contributed by atoms with E-state index in [4.69, 9.17) is 0 Å². The van der Waals surface area contributed by atoms with Gasteiger partial charge in [-0.2, -0.15) is 4.31 Å². The summed E-state index contributed by atoms with van der Waals surface area (Å²) in [5, 5.41) is 3.14. The highest BCUT2D eigenvalue weighted by Gasteiger charge is 2.32. The molecule has 0 unspecified atom stereocenters. The van der Waals surface area contributed by atoms with E-state index in [2.05, 4.69) is 51.8 Å². The van der Waals surface area contributed by atoms with Crippen LogP contribution in [0, 0.1) is 11.8 Å². The zero-order valence-corrected chi connectivity index (χ0v) is 20.9. The summed E-state index contributed by atoms with van der Waals surface area (Å²) >= 11 is 0. The highest BCUT2D eigenvalue weighted by atomic mass is 32.2. The number of likely N-dealkylation sites (N-methyl/N-ethyl adjacent to an activating group) is 1. The van der Waals surface area contributed by atoms with Gasteiger partial charge in [-0.15, -0.1) is 0 Å². The van der Waals surface area contributed by atoms with Crippen molar-refractivity contribution in [2.24, 2.45) is 11.8 Å². The average molecular weight is 452 g/mol. The first-order valence-electron chi connectivity index (χ1n) is 11.7. The average Bonchev–Trinajstić information content (AvgIpc) is 2.76. The lowest BCUT2D eigenvalue weighted by molar-refractivity contribution is -0.126. The van der Waals surface area contributed by atoms with Gasteiger partial charge in [0.05, 0.1) is 4.90 Å². The summed E-state index contributed by atoms with van der Waals surface area (Å²) in [6.45, 7) is 16.2. The Hall–Kier alpha value is -1.44. The number of hydrogen-bond acceptors (Lipinski definition) is 4. The van der Waals surface area contributed by atoms with E-state index in [9.17, 15) is 13.2 Å². The Kier molecular flexibility index (Phi) is 9.52. The molecule has 7 heteroatoms. The van der Waals surface area contributed by atoms with E-state index in [-0.39, 0.29) is 11.8 Å². The van der Waals surface area contributed by atoms with Gasteiger partial charge in [0.25, 0.3) is 0 Å². The summed E-state index contributed by atoms with van der Waals surface area (Å²) in [5.74, 6) is 0.743. The first-order valence-corrected chi connectivity index (χ1v) is 13.2. The minimum atomic E-state index is -3.51. The van der Waals surface area contributed by atoms with Crippen molar-refractivity contribution in [2.75, 3.05) is 32.7 Å². The monoisotopic (exact) mass is 451 g/mol. The molecule has 0 saturated carbocycles. The zero-order chi connectivity index (χ0) is 23.2. The molecule has 176 valence electrons. The molecule has 0 radical (unpaired) electrons. The van der Waals surface area contributed by atoms with Crippen molar-refractivity contribution in [1.82, 2.24) is 14.5 Å². The van der Waals surface area contributed by atoms with Gasteiger partial charge in [0.1, 0.15) is 0 Å². The number of carbonyl (C=O) groups excluding carboxylic acids is 1. The molecule has 1 aliphatic rings. The van der Waals surface area contributed by atoms with E-state index < -0.39 is 10.0 Å². The Morgan fingerprint density at radius 3 is 2.06 bits per heavy atom. The molecule has 1 aliphatic heterocycles. The molecule has 1 saturated heterocycles. The largest absolute Gasteiger partial charge is 0.354 e. The summed E-state index contributed by atoms with van der Waals surface area (Å²) in [7, 11) is -3.51. The van der Waals surface area contributed by atoms with Crippen LogP contribution in [0.15, 0.2) is 29.2 Å². The van der Waals surface area contributed by atoms with Crippen LogP contribution in [0.5, 0.6) is 0 Å². The van der Waals surface area contributed by atoms with Crippen molar-refractivity contribution in [1.29, 1.82) is 0 Å². The fraction of sp³-hybridized carbons (Fsp3) is 0.708. The van der Waals surface area contributed by atoms with Crippen LogP contribution in [0.4, 0.5) is 0 Å². The molecular weight excluding hydrogens is 410 g/mol. The minimum Gasteiger partial charge on any atom is -0.354 e. The lowest BCUT2D eigenvalue weighted by atomic mass is 9.96. The first-order chi connectivity index (χ1) is 14.6. The van der Waals surface area contributed by atoms with Gasteiger partial charge in [-0.1, -0.05) is 53.7 Å². The van der Waals surface area contributed by atoms with Crippen molar-refractivity contribution < 1.29 is 13.2 Å². The molecule has 1 amide bonds. The van der Waals surface area contributed by atoms with E-state index in [1.54, 1.807) is 12.1 Å². The summed E-state index contributed by atoms with van der Waals surface area (Å²) in [5.41, 5.74) is 1.12. The van der Waals surface area contributed by atoms with Crippen molar-refractivity contribution in [2.45, 2.75) is 71.2 Å². The van der Waals surface area contributed by atoms with Crippen molar-refractivity contribution in [3.63, 3.8) is 0 Å². The Morgan fingerprint density at radius 2 is 1.61 bits per heavy atom. The Labute approximate surface area is 189 Å². The first kappa shape index (κ1) is 25.8. The summed E-state index contributed by atoms with van der Waals surface area (Å²) in [6.07, 6.45) is 1.12. The second kappa shape index (κ2) is 11.4. The van der Waals surface area contributed by atoms with Gasteiger partial charge in [-0.3, -0.25) is 9.69 Å². The van der Waals surface area contributed by atoms with Gasteiger partial charge < -0.3 is 5.32 Å². The maximum atomic E-state index is 13.0. The number of benzene rings is 1. The topological polar surface area (TPSA) is 69.7 Å². The third-order valence-corrected chi connectivity index (χ3v) is 8.46. The normalized spacial score (nSPS) is 17.5. The van der Waals surface area contributed by atoms with E-state index in [1.165, 1.54) is 4.31 Å². The molecule has 0 aliphatic carbocycles. The number of nitrogens with zero attached hydrogens (tertiary/aromatic N) is 2. The highest BCUT2D eigenvalue weighted by Crippen LogP contribution is 2.25. The maximum Gasteiger partial charge on any atom is 0.243 e. The minimum absolute atomic E-state index is 0.0520. The molecule has 1 N–H and O–H groups in total. The third kappa shape index (κ3) is 6.53. The van der Waals surface area contributed by atoms with E-state index in [0.29, 0.717) is 55.2 Å². The molecule has 0 bridgehead atoms. The number of hydrogen-bond donors (Lipinski definition) is 1. The highest BCUT2D eigenvalue weighted by molar-refractivity contribution is 7.89. The Bertz CT molecular complexity index is 794. The van der Waals surface area contributed by atoms with E-state index in [1.807, 2.05) is 12.1 Å². The number of nitrogens with one attached hydrogen (secondary N) is 1. The molecule has 2 rings (SSSR count). The van der Waals surface area contributed by atoms with Gasteiger partial charge in [-0.25, -0.2) is 8.42 Å². The van der Waals surface area contributed by atoms with Crippen molar-refractivity contribution in [3.05, 3.63) is 29.8 Å². The van der Waals surface area contributed by atoms with Crippen LogP contribution in [0.2, 0.25) is 0 Å². The van der Waals surface area contributed by atoms with Crippen LogP contribution in [0.1, 0.15) is 65.9 Å². The van der Waals surface area contributed by atoms with Gasteiger partial charge in [0, 0.05) is 31.6 Å². The van der Waals surface area contributed by atoms with Crippen molar-refractivity contribution in [3.8, 4) is 0 Å². The molecule has 1 fully saturated rings. The summed E-state index contributed by atoms with van der Waals surface area (Å²) < 4.78 is 27.5. The Morgan fingerprint density at radius 1 is 1.06 bits per heavy atom. The molecule has 0 aromatic heterocycles. The molecule has 1 atom stereocenters. The molecule has 31 heavy (non-hydrogen) atoms. The third-order valence-electron chi connectivity index (χ3n) is 6.55. The van der Waals surface area contributed by atoms with E-state index >= 15 is 0 Å². The fourth-order valence-electron chi connectivity index (χ4n) is 4.36. The second-order valence-corrected chi connectivity index (χ2v) is 11.1. The van der Waals surface area contributed by atoms with Crippen LogP contribution in [0.3, 0.4) is 0 Å². The molecule has 1 heterocycles. The molecule has 1 aromatic carbocycles. The summed E-state index contributed by atoms with van der Waals surface area (Å²) in [6, 6.07) is 7.48. The lowest BCUT2D eigenvalue weighted by Crippen LogP contribution is -2.49. The van der Waals surface area contributed by atoms with E-state index in [0.717, 1.165) is 18.7 Å². The number of piperidine rings is 1. The number of rotatable bonds is 10. The molecule has 1 aromatic rings. The second-order valence-electron chi connectivity index (χ2n) is 9.18. The van der Waals surface area contributed by atoms with Gasteiger partial charge in [0.15, 0.2) is 0 Å². The SMILES string of the molecule is CCN(CC)[C@H](CNC(=O)C1CCN(S(=O)(=O)c2ccc(C(C)C)cc2)CC1)C(C)C. The van der Waals surface area contributed by atoms with Crippen molar-refractivity contribution >= 4 is 15.9 Å². The maximum absolute atomic E-state index is 13.0. The standard InChI is InChI=1S/C24H41N3O3S/c1-7-26(8-2)23(19(5)6)17-25-24(28)21-13-15-27(16-14-21)31(29,30)22-11-9-20(10-12-22)18(3)4/h9-12,18-19,21,23H,7-8,13-17H2,1-6H3,(H,25,28)/t23-/m1/s1. The molecular formula is C24H41N3O3S. The lowest BCUT2D eigenvalue weighted by Gasteiger charge is -2.34. The number of carbonyl (C=O) groups is 1. The quantitative estimate of drug-likeness (QED) is 0.589. The van der Waals surface area contributed by atoms with Crippen LogP contribution in [0.25, 0.3) is 0 Å². The van der Waals surface area contributed by atoms with Gasteiger partial charge in [-0.05, 0) is 55.5 Å². The van der Waals surface area contributed by atoms with Crippen LogP contribution in [-0.4, -0.2) is 62.3 Å². The van der Waals surface area contributed by atoms with Crippen LogP contribution < -0.4 is 5.32 Å².